The Morgan fingerprint density at radius 3 is 3.06 bits per heavy atom. The number of carbonyl (C=O) groups excluding carboxylic acids is 1. The van der Waals surface area contributed by atoms with E-state index in [1.165, 1.54) is 0 Å². The average Bonchev–Trinajstić information content (AvgIpc) is 2.72. The highest BCUT2D eigenvalue weighted by Crippen LogP contribution is 2.13. The summed E-state index contributed by atoms with van der Waals surface area (Å²) in [6.07, 6.45) is 1.86. The van der Waals surface area contributed by atoms with E-state index >= 15 is 0 Å². The molecule has 0 aliphatic heterocycles. The van der Waals surface area contributed by atoms with Gasteiger partial charge in [-0.25, -0.2) is 0 Å². The van der Waals surface area contributed by atoms with E-state index in [4.69, 9.17) is 5.73 Å². The van der Waals surface area contributed by atoms with Crippen LogP contribution in [0, 0.1) is 0 Å². The van der Waals surface area contributed by atoms with Crippen molar-refractivity contribution in [3.63, 3.8) is 0 Å². The highest BCUT2D eigenvalue weighted by molar-refractivity contribution is 5.98. The minimum Gasteiger partial charge on any atom is -0.361 e. The average molecular weight is 217 g/mol. The second kappa shape index (κ2) is 4.37. The Kier molecular flexibility index (Phi) is 2.92. The number of rotatable bonds is 3. The Bertz CT molecular complexity index is 502. The molecule has 0 saturated carbocycles. The van der Waals surface area contributed by atoms with E-state index in [2.05, 4.69) is 10.3 Å². The van der Waals surface area contributed by atoms with E-state index in [0.29, 0.717) is 12.1 Å². The van der Waals surface area contributed by atoms with Crippen LogP contribution in [0.2, 0.25) is 0 Å². The monoisotopic (exact) mass is 217 g/mol. The number of nitrogens with two attached hydrogens (primary N) is 1. The molecule has 1 aromatic carbocycles. The summed E-state index contributed by atoms with van der Waals surface area (Å²) in [5, 5.41) is 3.82. The Balaban J connectivity index is 2.16. The quantitative estimate of drug-likeness (QED) is 0.724. The number of carbonyl (C=O) groups is 1. The highest BCUT2D eigenvalue weighted by Gasteiger charge is 2.06. The SMILES string of the molecule is CC(N)CNC(=O)c1ccc2[nH]ccc2c1. The van der Waals surface area contributed by atoms with Gasteiger partial charge in [0.05, 0.1) is 0 Å². The maximum Gasteiger partial charge on any atom is 0.251 e. The number of hydrogen-bond donors (Lipinski definition) is 3. The minimum atomic E-state index is -0.0830. The second-order valence-electron chi connectivity index (χ2n) is 3.97. The van der Waals surface area contributed by atoms with Crippen molar-refractivity contribution in [2.75, 3.05) is 6.54 Å². The van der Waals surface area contributed by atoms with Gasteiger partial charge >= 0.3 is 0 Å². The van der Waals surface area contributed by atoms with E-state index in [0.717, 1.165) is 10.9 Å². The minimum absolute atomic E-state index is 0.0278. The first kappa shape index (κ1) is 10.7. The lowest BCUT2D eigenvalue weighted by Gasteiger charge is -2.07. The maximum absolute atomic E-state index is 11.7. The number of hydrogen-bond acceptors (Lipinski definition) is 2. The van der Waals surface area contributed by atoms with Gasteiger partial charge in [-0.05, 0) is 31.2 Å². The highest BCUT2D eigenvalue weighted by atomic mass is 16.1. The van der Waals surface area contributed by atoms with Crippen LogP contribution in [-0.4, -0.2) is 23.5 Å². The van der Waals surface area contributed by atoms with Gasteiger partial charge in [0.25, 0.3) is 5.91 Å². The van der Waals surface area contributed by atoms with E-state index in [1.807, 2.05) is 31.3 Å². The molecule has 1 unspecified atom stereocenters. The van der Waals surface area contributed by atoms with Gasteiger partial charge in [-0.2, -0.15) is 0 Å². The van der Waals surface area contributed by atoms with Crippen molar-refractivity contribution in [3.05, 3.63) is 36.0 Å². The Labute approximate surface area is 93.8 Å². The molecular weight excluding hydrogens is 202 g/mol. The Hall–Kier alpha value is -1.81. The number of aromatic amines is 1. The largest absolute Gasteiger partial charge is 0.361 e. The van der Waals surface area contributed by atoms with Gasteiger partial charge in [0.15, 0.2) is 0 Å². The first-order valence-corrected chi connectivity index (χ1v) is 5.28. The number of nitrogens with one attached hydrogen (secondary N) is 2. The van der Waals surface area contributed by atoms with Gasteiger partial charge in [-0.15, -0.1) is 0 Å². The molecule has 84 valence electrons. The lowest BCUT2D eigenvalue weighted by molar-refractivity contribution is 0.0952. The summed E-state index contributed by atoms with van der Waals surface area (Å²) in [4.78, 5) is 14.8. The van der Waals surface area contributed by atoms with Crippen LogP contribution < -0.4 is 11.1 Å². The Morgan fingerprint density at radius 2 is 2.31 bits per heavy atom. The van der Waals surface area contributed by atoms with E-state index < -0.39 is 0 Å². The third-order valence-corrected chi connectivity index (χ3v) is 2.40. The number of aromatic nitrogens is 1. The first-order valence-electron chi connectivity index (χ1n) is 5.28. The molecule has 2 rings (SSSR count). The zero-order valence-corrected chi connectivity index (χ0v) is 9.16. The predicted molar refractivity (Wildman–Crippen MR) is 64.3 cm³/mol. The summed E-state index contributed by atoms with van der Waals surface area (Å²) >= 11 is 0. The molecule has 0 fully saturated rings. The zero-order valence-electron chi connectivity index (χ0n) is 9.16. The molecule has 0 saturated heterocycles. The van der Waals surface area contributed by atoms with Crippen LogP contribution in [0.1, 0.15) is 17.3 Å². The standard InChI is InChI=1S/C12H15N3O/c1-8(13)7-15-12(16)10-2-3-11-9(6-10)4-5-14-11/h2-6,8,14H,7,13H2,1H3,(H,15,16). The van der Waals surface area contributed by atoms with Gasteiger partial charge in [-0.1, -0.05) is 0 Å². The van der Waals surface area contributed by atoms with Crippen LogP contribution in [0.3, 0.4) is 0 Å². The molecular formula is C12H15N3O. The van der Waals surface area contributed by atoms with Gasteiger partial charge in [-0.3, -0.25) is 4.79 Å². The third-order valence-electron chi connectivity index (χ3n) is 2.40. The van der Waals surface area contributed by atoms with Crippen LogP contribution in [0.4, 0.5) is 0 Å². The van der Waals surface area contributed by atoms with Gasteiger partial charge in [0.2, 0.25) is 0 Å². The summed E-state index contributed by atoms with van der Waals surface area (Å²) in [7, 11) is 0. The maximum atomic E-state index is 11.7. The number of fused-ring (bicyclic) bond motifs is 1. The molecule has 0 radical (unpaired) electrons. The smallest absolute Gasteiger partial charge is 0.251 e. The van der Waals surface area contributed by atoms with Crippen LogP contribution in [-0.2, 0) is 0 Å². The number of H-pyrrole nitrogens is 1. The summed E-state index contributed by atoms with van der Waals surface area (Å²) in [6, 6.07) is 7.48. The van der Waals surface area contributed by atoms with Crippen LogP contribution >= 0.6 is 0 Å². The van der Waals surface area contributed by atoms with Gasteiger partial charge < -0.3 is 16.0 Å². The molecule has 0 bridgehead atoms. The van der Waals surface area contributed by atoms with Crippen molar-refractivity contribution in [2.24, 2.45) is 5.73 Å². The summed E-state index contributed by atoms with van der Waals surface area (Å²) in [5.74, 6) is -0.0830. The molecule has 4 N–H and O–H groups in total. The zero-order chi connectivity index (χ0) is 11.5. The van der Waals surface area contributed by atoms with Crippen molar-refractivity contribution in [3.8, 4) is 0 Å². The van der Waals surface area contributed by atoms with Crippen molar-refractivity contribution < 1.29 is 4.79 Å². The summed E-state index contributed by atoms with van der Waals surface area (Å²) in [6.45, 7) is 2.35. The van der Waals surface area contributed by atoms with Crippen molar-refractivity contribution in [2.45, 2.75) is 13.0 Å². The van der Waals surface area contributed by atoms with Gasteiger partial charge in [0.1, 0.15) is 0 Å². The molecule has 1 aromatic heterocycles. The molecule has 0 aliphatic rings. The molecule has 1 heterocycles. The van der Waals surface area contributed by atoms with Crippen LogP contribution in [0.5, 0.6) is 0 Å². The normalized spacial score (nSPS) is 12.6. The third kappa shape index (κ3) is 2.23. The fourth-order valence-electron chi connectivity index (χ4n) is 1.55. The summed E-state index contributed by atoms with van der Waals surface area (Å²) in [5.41, 5.74) is 7.26. The van der Waals surface area contributed by atoms with E-state index in [1.54, 1.807) is 6.07 Å². The molecule has 1 atom stereocenters. The number of amides is 1. The molecule has 2 aromatic rings. The molecule has 16 heavy (non-hydrogen) atoms. The van der Waals surface area contributed by atoms with Crippen molar-refractivity contribution in [1.82, 2.24) is 10.3 Å². The molecule has 1 amide bonds. The predicted octanol–water partition coefficient (Wildman–Crippen LogP) is 1.24. The topological polar surface area (TPSA) is 70.9 Å². The fraction of sp³-hybridized carbons (Fsp3) is 0.250. The molecule has 0 spiro atoms. The van der Waals surface area contributed by atoms with Crippen LogP contribution in [0.15, 0.2) is 30.5 Å². The number of benzene rings is 1. The van der Waals surface area contributed by atoms with E-state index in [-0.39, 0.29) is 11.9 Å². The van der Waals surface area contributed by atoms with Crippen LogP contribution in [0.25, 0.3) is 10.9 Å². The van der Waals surface area contributed by atoms with Gasteiger partial charge in [0, 0.05) is 35.2 Å². The lowest BCUT2D eigenvalue weighted by Crippen LogP contribution is -2.35. The Morgan fingerprint density at radius 1 is 1.50 bits per heavy atom. The summed E-state index contributed by atoms with van der Waals surface area (Å²) < 4.78 is 0. The lowest BCUT2D eigenvalue weighted by atomic mass is 10.1. The molecule has 0 aliphatic carbocycles. The first-order chi connectivity index (χ1) is 7.66. The van der Waals surface area contributed by atoms with E-state index in [9.17, 15) is 4.79 Å². The molecule has 4 nitrogen and oxygen atoms in total. The second-order valence-corrected chi connectivity index (χ2v) is 3.97. The van der Waals surface area contributed by atoms with Crippen molar-refractivity contribution in [1.29, 1.82) is 0 Å². The fourth-order valence-corrected chi connectivity index (χ4v) is 1.55. The van der Waals surface area contributed by atoms with Crippen molar-refractivity contribution >= 4 is 16.8 Å². The molecule has 4 heteroatoms.